The maximum atomic E-state index is 12.1. The number of carbonyl (C=O) groups is 2. The number of ether oxygens (including phenoxy) is 2. The quantitative estimate of drug-likeness (QED) is 0.452. The Bertz CT molecular complexity index is 1230. The first kappa shape index (κ1) is 25.7. The van der Waals surface area contributed by atoms with Crippen molar-refractivity contribution in [2.75, 3.05) is 44.9 Å². The van der Waals surface area contributed by atoms with Gasteiger partial charge in [0.1, 0.15) is 5.82 Å². The first-order valence-corrected chi connectivity index (χ1v) is 12.3. The number of nitrogens with zero attached hydrogens (tertiary/aromatic N) is 4. The van der Waals surface area contributed by atoms with E-state index in [1.807, 2.05) is 25.1 Å². The largest absolute Gasteiger partial charge is 0.478 e. The minimum Gasteiger partial charge on any atom is -0.478 e. The van der Waals surface area contributed by atoms with Crippen LogP contribution in [0, 0.1) is 0 Å². The van der Waals surface area contributed by atoms with Crippen molar-refractivity contribution in [3.63, 3.8) is 0 Å². The second kappa shape index (κ2) is 11.1. The molecule has 2 aromatic carbocycles. The van der Waals surface area contributed by atoms with Gasteiger partial charge in [0.05, 0.1) is 36.4 Å². The molecular weight excluding hydrogens is 460 g/mol. The lowest BCUT2D eigenvalue weighted by Gasteiger charge is -2.45. The van der Waals surface area contributed by atoms with Crippen LogP contribution in [-0.4, -0.2) is 83.5 Å². The summed E-state index contributed by atoms with van der Waals surface area (Å²) in [6.45, 7) is 8.87. The Balaban J connectivity index is 1.64. The highest BCUT2D eigenvalue weighted by Gasteiger charge is 2.31. The molecule has 1 aliphatic rings. The summed E-state index contributed by atoms with van der Waals surface area (Å²) in [5.74, 6) is -0.349. The molecule has 2 heterocycles. The van der Waals surface area contributed by atoms with Crippen LogP contribution in [0.1, 0.15) is 37.0 Å². The van der Waals surface area contributed by atoms with Crippen molar-refractivity contribution < 1.29 is 24.2 Å². The SMILES string of the molecule is CCOC(=O)CN1C(C)CN(c2cccc(-n3c(CCOC)nc4cc(C(=O)O)ccc43)c2)CC1C. The summed E-state index contributed by atoms with van der Waals surface area (Å²) in [6.07, 6.45) is 0.596. The van der Waals surface area contributed by atoms with E-state index in [-0.39, 0.29) is 23.6 Å². The number of carbonyl (C=O) groups excluding carboxylic acids is 1. The van der Waals surface area contributed by atoms with E-state index in [0.29, 0.717) is 31.7 Å². The van der Waals surface area contributed by atoms with Crippen molar-refractivity contribution in [1.82, 2.24) is 14.5 Å². The fraction of sp³-hybridized carbons (Fsp3) is 0.444. The van der Waals surface area contributed by atoms with Crippen LogP contribution in [0.15, 0.2) is 42.5 Å². The van der Waals surface area contributed by atoms with Crippen molar-refractivity contribution in [3.05, 3.63) is 53.9 Å². The number of anilines is 1. The molecule has 0 saturated carbocycles. The number of rotatable bonds is 9. The number of piperazine rings is 1. The summed E-state index contributed by atoms with van der Waals surface area (Å²) < 4.78 is 12.5. The van der Waals surface area contributed by atoms with Gasteiger partial charge >= 0.3 is 11.9 Å². The number of methoxy groups -OCH3 is 1. The van der Waals surface area contributed by atoms with E-state index >= 15 is 0 Å². The number of hydrogen-bond donors (Lipinski definition) is 1. The summed E-state index contributed by atoms with van der Waals surface area (Å²) in [6, 6.07) is 13.7. The summed E-state index contributed by atoms with van der Waals surface area (Å²) in [5, 5.41) is 9.41. The molecule has 2 unspecified atom stereocenters. The van der Waals surface area contributed by atoms with Crippen molar-refractivity contribution in [2.24, 2.45) is 0 Å². The predicted molar refractivity (Wildman–Crippen MR) is 138 cm³/mol. The predicted octanol–water partition coefficient (Wildman–Crippen LogP) is 3.37. The number of benzene rings is 2. The van der Waals surface area contributed by atoms with Gasteiger partial charge in [-0.2, -0.15) is 0 Å². The summed E-state index contributed by atoms with van der Waals surface area (Å²) in [4.78, 5) is 32.8. The van der Waals surface area contributed by atoms with Gasteiger partial charge in [-0.1, -0.05) is 6.07 Å². The lowest BCUT2D eigenvalue weighted by atomic mass is 10.1. The fourth-order valence-corrected chi connectivity index (χ4v) is 4.98. The molecule has 1 aromatic heterocycles. The van der Waals surface area contributed by atoms with Gasteiger partial charge in [-0.15, -0.1) is 0 Å². The van der Waals surface area contributed by atoms with E-state index in [2.05, 4.69) is 40.3 Å². The van der Waals surface area contributed by atoms with Gasteiger partial charge in [0, 0.05) is 50.1 Å². The lowest BCUT2D eigenvalue weighted by Crippen LogP contribution is -2.58. The van der Waals surface area contributed by atoms with Crippen molar-refractivity contribution >= 4 is 28.7 Å². The van der Waals surface area contributed by atoms with Gasteiger partial charge in [0.15, 0.2) is 0 Å². The molecule has 9 heteroatoms. The Hall–Kier alpha value is -3.43. The van der Waals surface area contributed by atoms with E-state index < -0.39 is 5.97 Å². The minimum atomic E-state index is -0.975. The zero-order valence-electron chi connectivity index (χ0n) is 21.3. The van der Waals surface area contributed by atoms with Crippen molar-refractivity contribution in [3.8, 4) is 5.69 Å². The maximum Gasteiger partial charge on any atom is 0.335 e. The monoisotopic (exact) mass is 494 g/mol. The normalized spacial score (nSPS) is 18.5. The molecule has 1 aliphatic heterocycles. The molecule has 192 valence electrons. The topological polar surface area (TPSA) is 97.1 Å². The molecule has 9 nitrogen and oxygen atoms in total. The number of carboxylic acid groups (broad SMARTS) is 1. The molecule has 1 fully saturated rings. The first-order valence-electron chi connectivity index (χ1n) is 12.3. The van der Waals surface area contributed by atoms with Gasteiger partial charge in [-0.3, -0.25) is 14.3 Å². The maximum absolute atomic E-state index is 12.1. The van der Waals surface area contributed by atoms with Crippen LogP contribution in [-0.2, 0) is 20.7 Å². The molecule has 36 heavy (non-hydrogen) atoms. The standard InChI is InChI=1S/C27H34N4O5/c1-5-36-26(32)17-30-18(2)15-29(16-19(30)3)21-7-6-8-22(14-21)31-24-10-9-20(27(33)34)13-23(24)28-25(31)11-12-35-4/h6-10,13-14,18-19H,5,11-12,15-17H2,1-4H3,(H,33,34). The zero-order valence-corrected chi connectivity index (χ0v) is 21.3. The number of hydrogen-bond acceptors (Lipinski definition) is 7. The minimum absolute atomic E-state index is 0.183. The Labute approximate surface area is 211 Å². The molecule has 1 saturated heterocycles. The molecule has 0 aliphatic carbocycles. The third-order valence-corrected chi connectivity index (χ3v) is 6.67. The van der Waals surface area contributed by atoms with Crippen LogP contribution >= 0.6 is 0 Å². The molecule has 1 N–H and O–H groups in total. The van der Waals surface area contributed by atoms with E-state index in [4.69, 9.17) is 14.5 Å². The summed E-state index contributed by atoms with van der Waals surface area (Å²) in [5.41, 5.74) is 3.75. The zero-order chi connectivity index (χ0) is 25.8. The van der Waals surface area contributed by atoms with E-state index in [0.717, 1.165) is 35.8 Å². The average molecular weight is 495 g/mol. The second-order valence-corrected chi connectivity index (χ2v) is 9.22. The molecule has 0 spiro atoms. The Morgan fingerprint density at radius 3 is 2.47 bits per heavy atom. The van der Waals surface area contributed by atoms with Gasteiger partial charge in [-0.25, -0.2) is 9.78 Å². The fourth-order valence-electron chi connectivity index (χ4n) is 4.98. The smallest absolute Gasteiger partial charge is 0.335 e. The third-order valence-electron chi connectivity index (χ3n) is 6.67. The number of carboxylic acids is 1. The Morgan fingerprint density at radius 2 is 1.81 bits per heavy atom. The van der Waals surface area contributed by atoms with Gasteiger partial charge in [-0.05, 0) is 57.2 Å². The summed E-state index contributed by atoms with van der Waals surface area (Å²) in [7, 11) is 1.65. The first-order chi connectivity index (χ1) is 17.3. The Kier molecular flexibility index (Phi) is 7.91. The molecule has 0 bridgehead atoms. The molecule has 0 radical (unpaired) electrons. The van der Waals surface area contributed by atoms with Gasteiger partial charge < -0.3 is 19.5 Å². The summed E-state index contributed by atoms with van der Waals surface area (Å²) >= 11 is 0. The van der Waals surface area contributed by atoms with E-state index in [1.54, 1.807) is 19.2 Å². The molecular formula is C27H34N4O5. The van der Waals surface area contributed by atoms with Crippen LogP contribution in [0.4, 0.5) is 5.69 Å². The third kappa shape index (κ3) is 5.37. The average Bonchev–Trinajstić information content (AvgIpc) is 3.22. The molecule has 3 aromatic rings. The van der Waals surface area contributed by atoms with E-state index in [9.17, 15) is 14.7 Å². The van der Waals surface area contributed by atoms with Gasteiger partial charge in [0.2, 0.25) is 0 Å². The van der Waals surface area contributed by atoms with Gasteiger partial charge in [0.25, 0.3) is 0 Å². The van der Waals surface area contributed by atoms with Crippen LogP contribution < -0.4 is 4.90 Å². The van der Waals surface area contributed by atoms with Crippen molar-refractivity contribution in [1.29, 1.82) is 0 Å². The molecule has 4 rings (SSSR count). The van der Waals surface area contributed by atoms with Crippen LogP contribution in [0.3, 0.4) is 0 Å². The van der Waals surface area contributed by atoms with E-state index in [1.165, 1.54) is 0 Å². The number of fused-ring (bicyclic) bond motifs is 1. The molecule has 2 atom stereocenters. The highest BCUT2D eigenvalue weighted by molar-refractivity contribution is 5.93. The number of imidazole rings is 1. The highest BCUT2D eigenvalue weighted by Crippen LogP contribution is 2.28. The van der Waals surface area contributed by atoms with Crippen LogP contribution in [0.25, 0.3) is 16.7 Å². The lowest BCUT2D eigenvalue weighted by molar-refractivity contribution is -0.145. The Morgan fingerprint density at radius 1 is 1.08 bits per heavy atom. The highest BCUT2D eigenvalue weighted by atomic mass is 16.5. The molecule has 0 amide bonds. The van der Waals surface area contributed by atoms with Crippen LogP contribution in [0.5, 0.6) is 0 Å². The number of esters is 1. The van der Waals surface area contributed by atoms with Crippen molar-refractivity contribution in [2.45, 2.75) is 39.3 Å². The number of aromatic nitrogens is 2. The van der Waals surface area contributed by atoms with Crippen LogP contribution in [0.2, 0.25) is 0 Å². The second-order valence-electron chi connectivity index (χ2n) is 9.22. The number of aromatic carboxylic acids is 1.